The smallest absolute Gasteiger partial charge is 0.128 e. The zero-order valence-corrected chi connectivity index (χ0v) is 13.0. The Morgan fingerprint density at radius 1 is 1.14 bits per heavy atom. The van der Waals surface area contributed by atoms with E-state index in [9.17, 15) is 4.39 Å². The summed E-state index contributed by atoms with van der Waals surface area (Å²) in [7, 11) is 2.13. The molecule has 1 saturated heterocycles. The number of aromatic nitrogens is 1. The van der Waals surface area contributed by atoms with Gasteiger partial charge in [-0.05, 0) is 42.7 Å². The first-order chi connectivity index (χ1) is 10.7. The Morgan fingerprint density at radius 2 is 1.86 bits per heavy atom. The SMILES string of the molecule is CN(c1ccccn1)C1CCN(Cc2ccc(F)cc2)CC1. The van der Waals surface area contributed by atoms with Gasteiger partial charge in [0.15, 0.2) is 0 Å². The second-order valence-electron chi connectivity index (χ2n) is 5.93. The molecule has 0 bridgehead atoms. The van der Waals surface area contributed by atoms with Gasteiger partial charge in [-0.1, -0.05) is 18.2 Å². The minimum atomic E-state index is -0.167. The Labute approximate surface area is 131 Å². The van der Waals surface area contributed by atoms with Crippen molar-refractivity contribution in [2.24, 2.45) is 0 Å². The molecule has 1 aromatic heterocycles. The number of likely N-dealkylation sites (tertiary alicyclic amines) is 1. The number of hydrogen-bond donors (Lipinski definition) is 0. The van der Waals surface area contributed by atoms with Crippen LogP contribution in [0.25, 0.3) is 0 Å². The van der Waals surface area contributed by atoms with Crippen molar-refractivity contribution in [1.29, 1.82) is 0 Å². The summed E-state index contributed by atoms with van der Waals surface area (Å²) >= 11 is 0. The van der Waals surface area contributed by atoms with Crippen LogP contribution in [-0.2, 0) is 6.54 Å². The number of hydrogen-bond acceptors (Lipinski definition) is 3. The number of rotatable bonds is 4. The predicted octanol–water partition coefficient (Wildman–Crippen LogP) is 3.32. The van der Waals surface area contributed by atoms with Crippen LogP contribution in [0.2, 0.25) is 0 Å². The number of nitrogens with zero attached hydrogens (tertiary/aromatic N) is 3. The highest BCUT2D eigenvalue weighted by atomic mass is 19.1. The molecule has 0 amide bonds. The standard InChI is InChI=1S/C18H22FN3/c1-21(18-4-2-3-11-20-18)17-9-12-22(13-10-17)14-15-5-7-16(19)8-6-15/h2-8,11,17H,9-10,12-14H2,1H3. The number of piperidine rings is 1. The Balaban J connectivity index is 1.53. The number of benzene rings is 1. The normalized spacial score (nSPS) is 16.6. The monoisotopic (exact) mass is 299 g/mol. The molecule has 4 heteroatoms. The molecule has 1 aliphatic heterocycles. The van der Waals surface area contributed by atoms with Crippen LogP contribution in [0.3, 0.4) is 0 Å². The van der Waals surface area contributed by atoms with Gasteiger partial charge in [-0.3, -0.25) is 4.90 Å². The van der Waals surface area contributed by atoms with Crippen molar-refractivity contribution in [1.82, 2.24) is 9.88 Å². The lowest BCUT2D eigenvalue weighted by molar-refractivity contribution is 0.203. The molecule has 22 heavy (non-hydrogen) atoms. The van der Waals surface area contributed by atoms with Crippen molar-refractivity contribution in [3.8, 4) is 0 Å². The maximum absolute atomic E-state index is 12.9. The van der Waals surface area contributed by atoms with Crippen LogP contribution in [0.15, 0.2) is 48.7 Å². The summed E-state index contributed by atoms with van der Waals surface area (Å²) in [5.74, 6) is 0.874. The van der Waals surface area contributed by atoms with Crippen LogP contribution in [0.4, 0.5) is 10.2 Å². The molecular formula is C18H22FN3. The maximum Gasteiger partial charge on any atom is 0.128 e. The highest BCUT2D eigenvalue weighted by Crippen LogP contribution is 2.21. The molecule has 3 rings (SSSR count). The van der Waals surface area contributed by atoms with E-state index in [2.05, 4.69) is 27.9 Å². The first kappa shape index (κ1) is 15.0. The molecule has 1 fully saturated rings. The summed E-state index contributed by atoms with van der Waals surface area (Å²) in [6.07, 6.45) is 4.11. The van der Waals surface area contributed by atoms with E-state index < -0.39 is 0 Å². The van der Waals surface area contributed by atoms with Crippen LogP contribution in [0, 0.1) is 5.82 Å². The molecule has 0 N–H and O–H groups in total. The zero-order chi connectivity index (χ0) is 15.4. The van der Waals surface area contributed by atoms with Crippen LogP contribution < -0.4 is 4.90 Å². The molecule has 0 saturated carbocycles. The molecule has 2 aromatic rings. The fraction of sp³-hybridized carbons (Fsp3) is 0.389. The fourth-order valence-corrected chi connectivity index (χ4v) is 3.06. The third-order valence-corrected chi connectivity index (χ3v) is 4.43. The Bertz CT molecular complexity index is 577. The van der Waals surface area contributed by atoms with Gasteiger partial charge in [-0.2, -0.15) is 0 Å². The second-order valence-corrected chi connectivity index (χ2v) is 5.93. The summed E-state index contributed by atoms with van der Waals surface area (Å²) in [5.41, 5.74) is 1.18. The molecule has 0 spiro atoms. The van der Waals surface area contributed by atoms with Crippen LogP contribution in [0.1, 0.15) is 18.4 Å². The van der Waals surface area contributed by atoms with E-state index in [1.807, 2.05) is 30.5 Å². The summed E-state index contributed by atoms with van der Waals surface area (Å²) in [6.45, 7) is 3.04. The van der Waals surface area contributed by atoms with Gasteiger partial charge >= 0.3 is 0 Å². The van der Waals surface area contributed by atoms with Gasteiger partial charge < -0.3 is 4.90 Å². The van der Waals surface area contributed by atoms with E-state index in [1.165, 1.54) is 17.7 Å². The van der Waals surface area contributed by atoms with Crippen LogP contribution >= 0.6 is 0 Å². The van der Waals surface area contributed by atoms with E-state index in [4.69, 9.17) is 0 Å². The van der Waals surface area contributed by atoms with Gasteiger partial charge in [0.1, 0.15) is 11.6 Å². The third kappa shape index (κ3) is 3.63. The molecule has 0 radical (unpaired) electrons. The van der Waals surface area contributed by atoms with E-state index in [0.29, 0.717) is 6.04 Å². The lowest BCUT2D eigenvalue weighted by Crippen LogP contribution is -2.43. The maximum atomic E-state index is 12.9. The quantitative estimate of drug-likeness (QED) is 0.863. The van der Waals surface area contributed by atoms with Crippen LogP contribution in [-0.4, -0.2) is 36.1 Å². The summed E-state index contributed by atoms with van der Waals surface area (Å²) in [6, 6.07) is 13.4. The van der Waals surface area contributed by atoms with Crippen molar-refractivity contribution >= 4 is 5.82 Å². The number of anilines is 1. The Morgan fingerprint density at radius 3 is 2.50 bits per heavy atom. The van der Waals surface area contributed by atoms with Crippen LogP contribution in [0.5, 0.6) is 0 Å². The first-order valence-electron chi connectivity index (χ1n) is 7.83. The predicted molar refractivity (Wildman–Crippen MR) is 87.3 cm³/mol. The Hall–Kier alpha value is -1.94. The molecule has 2 heterocycles. The largest absolute Gasteiger partial charge is 0.357 e. The van der Waals surface area contributed by atoms with Gasteiger partial charge in [-0.25, -0.2) is 9.37 Å². The van der Waals surface area contributed by atoms with E-state index in [-0.39, 0.29) is 5.82 Å². The zero-order valence-electron chi connectivity index (χ0n) is 13.0. The minimum absolute atomic E-state index is 0.167. The van der Waals surface area contributed by atoms with Crippen molar-refractivity contribution in [2.45, 2.75) is 25.4 Å². The molecule has 3 nitrogen and oxygen atoms in total. The highest BCUT2D eigenvalue weighted by molar-refractivity contribution is 5.38. The molecule has 0 aliphatic carbocycles. The molecule has 1 aliphatic rings. The third-order valence-electron chi connectivity index (χ3n) is 4.43. The summed E-state index contributed by atoms with van der Waals surface area (Å²) < 4.78 is 12.9. The van der Waals surface area contributed by atoms with Gasteiger partial charge in [0.25, 0.3) is 0 Å². The minimum Gasteiger partial charge on any atom is -0.357 e. The number of halogens is 1. The summed E-state index contributed by atoms with van der Waals surface area (Å²) in [4.78, 5) is 9.15. The van der Waals surface area contributed by atoms with Gasteiger partial charge in [-0.15, -0.1) is 0 Å². The van der Waals surface area contributed by atoms with Gasteiger partial charge in [0.2, 0.25) is 0 Å². The highest BCUT2D eigenvalue weighted by Gasteiger charge is 2.23. The summed E-state index contributed by atoms with van der Waals surface area (Å²) in [5, 5.41) is 0. The van der Waals surface area contributed by atoms with Gasteiger partial charge in [0, 0.05) is 38.9 Å². The van der Waals surface area contributed by atoms with E-state index in [1.54, 1.807) is 0 Å². The van der Waals surface area contributed by atoms with Crippen molar-refractivity contribution in [2.75, 3.05) is 25.0 Å². The molecular weight excluding hydrogens is 277 g/mol. The van der Waals surface area contributed by atoms with Crippen molar-refractivity contribution in [3.63, 3.8) is 0 Å². The lowest BCUT2D eigenvalue weighted by atomic mass is 10.0. The fourth-order valence-electron chi connectivity index (χ4n) is 3.06. The topological polar surface area (TPSA) is 19.4 Å². The molecule has 0 unspecified atom stereocenters. The molecule has 116 valence electrons. The average molecular weight is 299 g/mol. The van der Waals surface area contributed by atoms with E-state index >= 15 is 0 Å². The van der Waals surface area contributed by atoms with E-state index in [0.717, 1.165) is 38.3 Å². The van der Waals surface area contributed by atoms with Crippen molar-refractivity contribution in [3.05, 3.63) is 60.0 Å². The van der Waals surface area contributed by atoms with Crippen molar-refractivity contribution < 1.29 is 4.39 Å². The lowest BCUT2D eigenvalue weighted by Gasteiger charge is -2.37. The molecule has 1 aromatic carbocycles. The second kappa shape index (κ2) is 6.88. The Kier molecular flexibility index (Phi) is 4.68. The number of pyridine rings is 1. The average Bonchev–Trinajstić information content (AvgIpc) is 2.58. The molecule has 0 atom stereocenters. The van der Waals surface area contributed by atoms with Gasteiger partial charge in [0.05, 0.1) is 0 Å². The first-order valence-corrected chi connectivity index (χ1v) is 7.83.